The minimum atomic E-state index is -0.723. The Kier molecular flexibility index (Phi) is 8.40. The molecule has 2 N–H and O–H groups in total. The zero-order valence-electron chi connectivity index (χ0n) is 23.6. The quantitative estimate of drug-likeness (QED) is 0.351. The number of nitrogens with two attached hydrogens (primary N) is 1. The lowest BCUT2D eigenvalue weighted by molar-refractivity contribution is -0.0985. The summed E-state index contributed by atoms with van der Waals surface area (Å²) in [6.45, 7) is 17.4. The number of amides is 1. The Bertz CT molecular complexity index is 1230. The van der Waals surface area contributed by atoms with Gasteiger partial charge in [0.1, 0.15) is 5.60 Å². The topological polar surface area (TPSA) is 71.3 Å². The molecule has 8 heteroatoms. The first-order valence-corrected chi connectivity index (χ1v) is 14.2. The molecule has 0 saturated carbocycles. The summed E-state index contributed by atoms with van der Waals surface area (Å²) in [6.07, 6.45) is 10.8. The molecular weight excluding hydrogens is 524 g/mol. The smallest absolute Gasteiger partial charge is 0.410 e. The maximum Gasteiger partial charge on any atom is 0.410 e. The Hall–Kier alpha value is -2.90. The maximum atomic E-state index is 13.1. The molecule has 1 aliphatic carbocycles. The summed E-state index contributed by atoms with van der Waals surface area (Å²) < 4.78 is 11.3. The van der Waals surface area contributed by atoms with Gasteiger partial charge in [0.25, 0.3) is 0 Å². The van der Waals surface area contributed by atoms with Crippen molar-refractivity contribution >= 4 is 34.8 Å². The number of halogens is 1. The number of ether oxygens (including phenoxy) is 2. The van der Waals surface area contributed by atoms with Gasteiger partial charge in [0, 0.05) is 60.8 Å². The third-order valence-corrected chi connectivity index (χ3v) is 8.48. The van der Waals surface area contributed by atoms with Crippen LogP contribution >= 0.6 is 11.6 Å². The van der Waals surface area contributed by atoms with Crippen LogP contribution < -0.4 is 10.6 Å². The number of piperazine rings is 1. The van der Waals surface area contributed by atoms with Crippen LogP contribution in [-0.4, -0.2) is 78.3 Å². The number of carbonyl (C=O) groups is 1. The number of hydrogen-bond acceptors (Lipinski definition) is 6. The number of rotatable bonds is 4. The summed E-state index contributed by atoms with van der Waals surface area (Å²) in [5.74, 6) is 0. The van der Waals surface area contributed by atoms with E-state index in [-0.39, 0.29) is 25.0 Å². The Labute approximate surface area is 244 Å². The second kappa shape index (κ2) is 11.2. The molecule has 0 radical (unpaired) electrons. The summed E-state index contributed by atoms with van der Waals surface area (Å²) >= 11 is 7.11. The Morgan fingerprint density at radius 1 is 1.18 bits per heavy atom. The van der Waals surface area contributed by atoms with Gasteiger partial charge >= 0.3 is 6.09 Å². The lowest BCUT2D eigenvalue weighted by Crippen LogP contribution is -2.56. The Balaban J connectivity index is 0.00000370. The number of hydrogen-bond donors (Lipinski definition) is 1. The van der Waals surface area contributed by atoms with Crippen molar-refractivity contribution in [2.45, 2.75) is 58.1 Å². The van der Waals surface area contributed by atoms with E-state index in [4.69, 9.17) is 26.8 Å². The summed E-state index contributed by atoms with van der Waals surface area (Å²) in [5, 5.41) is 0. The highest BCUT2D eigenvalue weighted by Crippen LogP contribution is 2.43. The Morgan fingerprint density at radius 2 is 1.93 bits per heavy atom. The van der Waals surface area contributed by atoms with Gasteiger partial charge in [-0.3, -0.25) is 0 Å². The fraction of sp³-hybridized carbons (Fsp3) is 0.531. The van der Waals surface area contributed by atoms with Crippen LogP contribution in [0.15, 0.2) is 60.7 Å². The predicted octanol–water partition coefficient (Wildman–Crippen LogP) is 6.07. The van der Waals surface area contributed by atoms with Crippen LogP contribution in [0.1, 0.15) is 47.1 Å². The van der Waals surface area contributed by atoms with Crippen molar-refractivity contribution in [3.63, 3.8) is 0 Å². The first kappa shape index (κ1) is 30.1. The van der Waals surface area contributed by atoms with Gasteiger partial charge in [0.05, 0.1) is 24.1 Å². The van der Waals surface area contributed by atoms with Crippen molar-refractivity contribution in [1.82, 2.24) is 9.80 Å². The highest BCUT2D eigenvalue weighted by atomic mass is 35.5. The molecule has 40 heavy (non-hydrogen) atoms. The number of alkyl halides is 1. The molecule has 4 aliphatic rings. The van der Waals surface area contributed by atoms with Gasteiger partial charge in [-0.1, -0.05) is 44.4 Å². The van der Waals surface area contributed by atoms with Crippen LogP contribution in [0.3, 0.4) is 0 Å². The first-order valence-electron chi connectivity index (χ1n) is 13.8. The highest BCUT2D eigenvalue weighted by molar-refractivity contribution is 6.27. The van der Waals surface area contributed by atoms with Crippen molar-refractivity contribution in [2.75, 3.05) is 56.6 Å². The SMILES string of the molecule is C.C=C(c1ccc(N)cc1N1CCC2(COC2)C1)N1CCN(C(=O)OC(C)(C)C)CC1C1=CC=CC=CC1(C)Cl. The van der Waals surface area contributed by atoms with Crippen LogP contribution in [0.25, 0.3) is 5.70 Å². The largest absolute Gasteiger partial charge is 0.444 e. The number of allylic oxidation sites excluding steroid dienone is 5. The first-order chi connectivity index (χ1) is 18.4. The van der Waals surface area contributed by atoms with E-state index in [0.29, 0.717) is 19.6 Å². The fourth-order valence-electron chi connectivity index (χ4n) is 6.00. The number of anilines is 2. The van der Waals surface area contributed by atoms with Crippen LogP contribution in [0, 0.1) is 5.41 Å². The third-order valence-electron chi connectivity index (χ3n) is 8.14. The molecule has 218 valence electrons. The van der Waals surface area contributed by atoms with E-state index in [0.717, 1.165) is 60.9 Å². The molecule has 1 spiro atoms. The molecule has 3 heterocycles. The monoisotopic (exact) mass is 568 g/mol. The second-order valence-corrected chi connectivity index (χ2v) is 13.2. The molecule has 2 atom stereocenters. The van der Waals surface area contributed by atoms with Gasteiger partial charge in [0.15, 0.2) is 0 Å². The van der Waals surface area contributed by atoms with Crippen LogP contribution in [0.2, 0.25) is 0 Å². The molecule has 5 rings (SSSR count). The second-order valence-electron chi connectivity index (χ2n) is 12.5. The third kappa shape index (κ3) is 6.06. The zero-order valence-corrected chi connectivity index (χ0v) is 24.3. The number of benzene rings is 1. The van der Waals surface area contributed by atoms with E-state index in [1.807, 2.05) is 58.1 Å². The average molecular weight is 569 g/mol. The molecule has 1 amide bonds. The summed E-state index contributed by atoms with van der Waals surface area (Å²) in [6, 6.07) is 5.89. The number of nitrogens with zero attached hydrogens (tertiary/aromatic N) is 3. The average Bonchev–Trinajstić information content (AvgIpc) is 3.23. The summed E-state index contributed by atoms with van der Waals surface area (Å²) in [7, 11) is 0. The molecule has 3 aliphatic heterocycles. The van der Waals surface area contributed by atoms with Gasteiger partial charge < -0.3 is 29.9 Å². The molecule has 3 saturated heterocycles. The molecule has 3 fully saturated rings. The molecule has 1 aromatic rings. The number of nitrogen functional groups attached to an aromatic ring is 1. The van der Waals surface area contributed by atoms with Crippen molar-refractivity contribution in [3.05, 3.63) is 66.3 Å². The van der Waals surface area contributed by atoms with Gasteiger partial charge in [-0.2, -0.15) is 0 Å². The van der Waals surface area contributed by atoms with Gasteiger partial charge in [0.2, 0.25) is 0 Å². The van der Waals surface area contributed by atoms with E-state index < -0.39 is 10.5 Å². The fourth-order valence-corrected chi connectivity index (χ4v) is 6.26. The lowest BCUT2D eigenvalue weighted by Gasteiger charge is -2.47. The van der Waals surface area contributed by atoms with E-state index >= 15 is 0 Å². The van der Waals surface area contributed by atoms with E-state index in [1.54, 1.807) is 4.90 Å². The standard InChI is InChI=1S/C31H41ClN4O3.CH4/c1-22(24-11-10-23(33)17-26(24)35-14-13-31(19-35)20-38-21-31)36-16-15-34(28(37)39-29(2,3)4)18-27(36)25-9-7-6-8-12-30(25,5)32;/h6-12,17,27H,1,13-16,18-21,33H2,2-5H3;1H4. The van der Waals surface area contributed by atoms with Crippen molar-refractivity contribution in [1.29, 1.82) is 0 Å². The maximum absolute atomic E-state index is 13.1. The van der Waals surface area contributed by atoms with Gasteiger partial charge in [-0.05, 0) is 57.9 Å². The molecule has 0 aromatic heterocycles. The molecule has 2 unspecified atom stereocenters. The summed E-state index contributed by atoms with van der Waals surface area (Å²) in [4.78, 5) is 18.9. The molecule has 1 aromatic carbocycles. The normalized spacial score (nSPS) is 25.7. The number of carbonyl (C=O) groups excluding carboxylic acids is 1. The molecule has 7 nitrogen and oxygen atoms in total. The zero-order chi connectivity index (χ0) is 28.0. The minimum Gasteiger partial charge on any atom is -0.444 e. The minimum absolute atomic E-state index is 0. The lowest BCUT2D eigenvalue weighted by atomic mass is 9.85. The van der Waals surface area contributed by atoms with Crippen LogP contribution in [-0.2, 0) is 9.47 Å². The van der Waals surface area contributed by atoms with Crippen molar-refractivity contribution in [2.24, 2.45) is 5.41 Å². The molecule has 0 bridgehead atoms. The summed E-state index contributed by atoms with van der Waals surface area (Å²) in [5.41, 5.74) is 10.7. The van der Waals surface area contributed by atoms with Crippen molar-refractivity contribution in [3.8, 4) is 0 Å². The van der Waals surface area contributed by atoms with Crippen LogP contribution in [0.4, 0.5) is 16.2 Å². The molecular formula is C32H45ClN4O3. The van der Waals surface area contributed by atoms with Gasteiger partial charge in [-0.15, -0.1) is 11.6 Å². The highest BCUT2D eigenvalue weighted by Gasteiger charge is 2.45. The van der Waals surface area contributed by atoms with Crippen molar-refractivity contribution < 1.29 is 14.3 Å². The van der Waals surface area contributed by atoms with E-state index in [2.05, 4.69) is 34.6 Å². The van der Waals surface area contributed by atoms with E-state index in [1.165, 1.54) is 0 Å². The van der Waals surface area contributed by atoms with E-state index in [9.17, 15) is 4.79 Å². The predicted molar refractivity (Wildman–Crippen MR) is 166 cm³/mol. The Morgan fingerprint density at radius 3 is 2.58 bits per heavy atom. The van der Waals surface area contributed by atoms with Gasteiger partial charge in [-0.25, -0.2) is 4.79 Å². The van der Waals surface area contributed by atoms with Crippen LogP contribution in [0.5, 0.6) is 0 Å².